The van der Waals surface area contributed by atoms with Crippen LogP contribution < -0.4 is 21.1 Å². The Kier molecular flexibility index (Phi) is 5.32. The fourth-order valence-corrected chi connectivity index (χ4v) is 4.96. The van der Waals surface area contributed by atoms with Gasteiger partial charge in [0.15, 0.2) is 5.82 Å². The average Bonchev–Trinajstić information content (AvgIpc) is 3.60. The van der Waals surface area contributed by atoms with E-state index in [1.807, 2.05) is 6.92 Å². The number of rotatable bonds is 4. The summed E-state index contributed by atoms with van der Waals surface area (Å²) in [4.78, 5) is 21.1. The first-order chi connectivity index (χ1) is 17.0. The van der Waals surface area contributed by atoms with Crippen LogP contribution in [0.2, 0.25) is 0 Å². The lowest BCUT2D eigenvalue weighted by atomic mass is 9.97. The number of carbonyl (C=O) groups excluding carboxylic acids is 1. The molecule has 1 saturated heterocycles. The summed E-state index contributed by atoms with van der Waals surface area (Å²) in [5.74, 6) is 1.07. The van der Waals surface area contributed by atoms with E-state index in [4.69, 9.17) is 19.9 Å². The topological polar surface area (TPSA) is 121 Å². The second-order valence-corrected chi connectivity index (χ2v) is 9.30. The average molecular weight is 480 g/mol. The van der Waals surface area contributed by atoms with Crippen molar-refractivity contribution in [2.75, 3.05) is 42.7 Å². The molecule has 2 aromatic heterocycles. The molecule has 6 rings (SSSR count). The lowest BCUT2D eigenvalue weighted by Crippen LogP contribution is -2.29. The number of halogens is 1. The second kappa shape index (κ2) is 8.53. The predicted octanol–water partition coefficient (Wildman–Crippen LogP) is 4.10. The Balaban J connectivity index is 1.29. The second-order valence-electron chi connectivity index (χ2n) is 9.30. The number of nitrogens with one attached hydrogen (secondary N) is 2. The van der Waals surface area contributed by atoms with Gasteiger partial charge >= 0.3 is 6.09 Å². The van der Waals surface area contributed by atoms with Crippen LogP contribution in [0.15, 0.2) is 24.5 Å². The number of carbonyl (C=O) groups is 1. The van der Waals surface area contributed by atoms with E-state index in [2.05, 4.69) is 20.6 Å². The highest BCUT2D eigenvalue weighted by Gasteiger charge is 2.42. The van der Waals surface area contributed by atoms with Crippen LogP contribution in [0.4, 0.5) is 26.4 Å². The highest BCUT2D eigenvalue weighted by molar-refractivity contribution is 5.99. The van der Waals surface area contributed by atoms with E-state index < -0.39 is 11.9 Å². The van der Waals surface area contributed by atoms with Gasteiger partial charge in [0.05, 0.1) is 18.9 Å². The van der Waals surface area contributed by atoms with Crippen molar-refractivity contribution < 1.29 is 23.4 Å². The maximum Gasteiger partial charge on any atom is 0.413 e. The minimum absolute atomic E-state index is 0.0177. The van der Waals surface area contributed by atoms with Crippen molar-refractivity contribution in [1.29, 1.82) is 0 Å². The highest BCUT2D eigenvalue weighted by atomic mass is 19.1. The monoisotopic (exact) mass is 479 g/mol. The van der Waals surface area contributed by atoms with Crippen molar-refractivity contribution in [2.24, 2.45) is 11.8 Å². The zero-order valence-electron chi connectivity index (χ0n) is 19.3. The van der Waals surface area contributed by atoms with E-state index in [0.717, 1.165) is 24.1 Å². The molecule has 2 aliphatic heterocycles. The molecule has 9 nitrogen and oxygen atoms in total. The fraction of sp³-hybridized carbons (Fsp3) is 0.400. The van der Waals surface area contributed by atoms with E-state index >= 15 is 4.39 Å². The summed E-state index contributed by atoms with van der Waals surface area (Å²) in [6.45, 7) is 4.09. The van der Waals surface area contributed by atoms with Crippen LogP contribution in [0.1, 0.15) is 18.4 Å². The molecule has 3 aliphatic rings. The molecule has 0 unspecified atom stereocenters. The number of nitrogens with two attached hydrogens (primary N) is 1. The third kappa shape index (κ3) is 3.97. The van der Waals surface area contributed by atoms with Crippen molar-refractivity contribution in [2.45, 2.75) is 25.9 Å². The van der Waals surface area contributed by atoms with Crippen LogP contribution in [0.5, 0.6) is 5.88 Å². The van der Waals surface area contributed by atoms with Crippen LogP contribution in [0.25, 0.3) is 21.9 Å². The molecule has 1 amide bonds. The number of fused-ring (bicyclic) bond motifs is 2. The number of hydrogen-bond donors (Lipinski definition) is 3. The van der Waals surface area contributed by atoms with E-state index in [1.54, 1.807) is 18.3 Å². The zero-order chi connectivity index (χ0) is 24.1. The minimum Gasteiger partial charge on any atom is -0.474 e. The number of benzene rings is 1. The molecule has 35 heavy (non-hydrogen) atoms. The molecular weight excluding hydrogens is 453 g/mol. The summed E-state index contributed by atoms with van der Waals surface area (Å²) in [6, 6.07) is 3.34. The van der Waals surface area contributed by atoms with Gasteiger partial charge in [0.2, 0.25) is 5.88 Å². The molecule has 2 atom stereocenters. The summed E-state index contributed by atoms with van der Waals surface area (Å²) in [5.41, 5.74) is 8.60. The summed E-state index contributed by atoms with van der Waals surface area (Å²) in [5, 5.41) is 7.03. The van der Waals surface area contributed by atoms with Gasteiger partial charge in [-0.25, -0.2) is 19.2 Å². The standard InChI is InChI=1S/C25H26FN5O4/c1-12-16(8-30-24-23(12)28-4-5-34-24)15-6-14-7-20(29-9-17(14)22(27)21(15)26)31-25(32)35-19-11-33-10-18(19)13-2-3-13/h6-9,13,18-19,28H,2-5,10-11,27H2,1H3,(H,29,31,32)/t18-,19-/m0/s1. The largest absolute Gasteiger partial charge is 0.474 e. The number of anilines is 3. The van der Waals surface area contributed by atoms with Gasteiger partial charge in [0.25, 0.3) is 0 Å². The molecule has 1 aliphatic carbocycles. The maximum atomic E-state index is 15.3. The van der Waals surface area contributed by atoms with Crippen molar-refractivity contribution in [3.63, 3.8) is 0 Å². The molecule has 0 spiro atoms. The maximum absolute atomic E-state index is 15.3. The van der Waals surface area contributed by atoms with Gasteiger partial charge in [0, 0.05) is 41.4 Å². The number of aromatic nitrogens is 2. The molecule has 10 heteroatoms. The lowest BCUT2D eigenvalue weighted by Gasteiger charge is -2.22. The zero-order valence-corrected chi connectivity index (χ0v) is 19.3. The van der Waals surface area contributed by atoms with Crippen molar-refractivity contribution in [3.8, 4) is 17.0 Å². The first kappa shape index (κ1) is 21.8. The van der Waals surface area contributed by atoms with Gasteiger partial charge in [-0.15, -0.1) is 0 Å². The molecule has 4 N–H and O–H groups in total. The number of amides is 1. The van der Waals surface area contributed by atoms with Crippen molar-refractivity contribution in [3.05, 3.63) is 35.9 Å². The Labute approximate surface area is 201 Å². The van der Waals surface area contributed by atoms with Crippen molar-refractivity contribution >= 4 is 34.1 Å². The number of nitrogen functional groups attached to an aromatic ring is 1. The molecule has 0 radical (unpaired) electrons. The third-order valence-electron chi connectivity index (χ3n) is 7.02. The Morgan fingerprint density at radius 2 is 2.09 bits per heavy atom. The number of hydrogen-bond acceptors (Lipinski definition) is 8. The third-order valence-corrected chi connectivity index (χ3v) is 7.02. The van der Waals surface area contributed by atoms with Gasteiger partial charge < -0.3 is 25.3 Å². The normalized spacial score (nSPS) is 21.2. The summed E-state index contributed by atoms with van der Waals surface area (Å²) in [6.07, 6.45) is 4.51. The minimum atomic E-state index is -0.589. The molecule has 0 bridgehead atoms. The van der Waals surface area contributed by atoms with E-state index in [9.17, 15) is 4.79 Å². The van der Waals surface area contributed by atoms with E-state index in [0.29, 0.717) is 60.1 Å². The Morgan fingerprint density at radius 1 is 1.23 bits per heavy atom. The molecular formula is C25H26FN5O4. The van der Waals surface area contributed by atoms with Crippen LogP contribution in [0.3, 0.4) is 0 Å². The smallest absolute Gasteiger partial charge is 0.413 e. The summed E-state index contributed by atoms with van der Waals surface area (Å²) >= 11 is 0. The number of ether oxygens (including phenoxy) is 3. The molecule has 182 valence electrons. The SMILES string of the molecule is Cc1c(-c2cc3cc(NC(=O)O[C@H]4COC[C@H]4C4CC4)ncc3c(N)c2F)cnc2c1NCCO2. The molecule has 3 aromatic rings. The number of pyridine rings is 2. The van der Waals surface area contributed by atoms with Crippen molar-refractivity contribution in [1.82, 2.24) is 9.97 Å². The van der Waals surface area contributed by atoms with Gasteiger partial charge in [-0.05, 0) is 48.8 Å². The molecule has 1 saturated carbocycles. The first-order valence-electron chi connectivity index (χ1n) is 11.8. The predicted molar refractivity (Wildman–Crippen MR) is 129 cm³/mol. The van der Waals surface area contributed by atoms with Crippen LogP contribution in [-0.4, -0.2) is 48.5 Å². The Morgan fingerprint density at radius 3 is 2.91 bits per heavy atom. The van der Waals surface area contributed by atoms with Gasteiger partial charge in [-0.1, -0.05) is 0 Å². The molecule has 2 fully saturated rings. The Bertz CT molecular complexity index is 1330. The van der Waals surface area contributed by atoms with Gasteiger partial charge in [0.1, 0.15) is 24.2 Å². The molecule has 1 aromatic carbocycles. The summed E-state index contributed by atoms with van der Waals surface area (Å²) in [7, 11) is 0. The lowest BCUT2D eigenvalue weighted by molar-refractivity contribution is 0.0788. The van der Waals surface area contributed by atoms with E-state index in [-0.39, 0.29) is 23.5 Å². The van der Waals surface area contributed by atoms with E-state index in [1.165, 1.54) is 6.20 Å². The van der Waals surface area contributed by atoms with Gasteiger partial charge in [-0.2, -0.15) is 0 Å². The fourth-order valence-electron chi connectivity index (χ4n) is 4.96. The highest BCUT2D eigenvalue weighted by Crippen LogP contribution is 2.42. The first-order valence-corrected chi connectivity index (χ1v) is 11.8. The number of nitrogens with zero attached hydrogens (tertiary/aromatic N) is 2. The van der Waals surface area contributed by atoms with Crippen LogP contribution >= 0.6 is 0 Å². The van der Waals surface area contributed by atoms with Crippen LogP contribution in [0, 0.1) is 24.6 Å². The molecule has 4 heterocycles. The Hall–Kier alpha value is -3.66. The van der Waals surface area contributed by atoms with Crippen LogP contribution in [-0.2, 0) is 9.47 Å². The quantitative estimate of drug-likeness (QED) is 0.478. The van der Waals surface area contributed by atoms with Gasteiger partial charge in [-0.3, -0.25) is 5.32 Å². The summed E-state index contributed by atoms with van der Waals surface area (Å²) < 4.78 is 32.1.